The van der Waals surface area contributed by atoms with E-state index in [-0.39, 0.29) is 6.61 Å². The molecule has 2 aromatic rings. The normalized spacial score (nSPS) is 19.4. The number of nitrogens with zero attached hydrogens (tertiary/aromatic N) is 4. The van der Waals surface area contributed by atoms with Crippen LogP contribution in [0.1, 0.15) is 54.9 Å². The van der Waals surface area contributed by atoms with Gasteiger partial charge in [-0.2, -0.15) is 9.61 Å². The molecule has 2 aromatic heterocycles. The molecule has 1 fully saturated rings. The van der Waals surface area contributed by atoms with Crippen LogP contribution in [-0.4, -0.2) is 31.5 Å². The van der Waals surface area contributed by atoms with E-state index < -0.39 is 6.04 Å². The fraction of sp³-hybridized carbons (Fsp3) is 0.727. The zero-order valence-electron chi connectivity index (χ0n) is 10.1. The van der Waals surface area contributed by atoms with Gasteiger partial charge in [0, 0.05) is 5.92 Å². The Morgan fingerprint density at radius 3 is 2.83 bits per heavy atom. The van der Waals surface area contributed by atoms with Gasteiger partial charge < -0.3 is 10.8 Å². The van der Waals surface area contributed by atoms with Crippen molar-refractivity contribution < 1.29 is 5.11 Å². The molecule has 7 heteroatoms. The Morgan fingerprint density at radius 1 is 1.33 bits per heavy atom. The lowest BCUT2D eigenvalue weighted by molar-refractivity contribution is 0.267. The van der Waals surface area contributed by atoms with Crippen LogP contribution in [0.3, 0.4) is 0 Å². The zero-order valence-corrected chi connectivity index (χ0v) is 10.9. The average molecular weight is 267 g/mol. The van der Waals surface area contributed by atoms with Crippen molar-refractivity contribution in [3.05, 3.63) is 10.8 Å². The van der Waals surface area contributed by atoms with Gasteiger partial charge in [0.05, 0.1) is 12.6 Å². The van der Waals surface area contributed by atoms with Gasteiger partial charge in [-0.15, -0.1) is 10.2 Å². The molecule has 18 heavy (non-hydrogen) atoms. The summed E-state index contributed by atoms with van der Waals surface area (Å²) >= 11 is 1.41. The molecular formula is C11H17N5OS. The molecule has 3 rings (SSSR count). The van der Waals surface area contributed by atoms with Crippen LogP contribution in [0, 0.1) is 0 Å². The van der Waals surface area contributed by atoms with Crippen LogP contribution < -0.4 is 5.73 Å². The Labute approximate surface area is 109 Å². The number of hydrogen-bond acceptors (Lipinski definition) is 6. The van der Waals surface area contributed by atoms with Crippen molar-refractivity contribution in [1.29, 1.82) is 0 Å². The highest BCUT2D eigenvalue weighted by Gasteiger charge is 2.23. The lowest BCUT2D eigenvalue weighted by atomic mass is 9.89. The molecular weight excluding hydrogens is 250 g/mol. The van der Waals surface area contributed by atoms with Crippen molar-refractivity contribution in [2.45, 2.75) is 44.1 Å². The Balaban J connectivity index is 1.94. The molecule has 0 radical (unpaired) electrons. The molecule has 1 atom stereocenters. The Kier molecular flexibility index (Phi) is 3.27. The maximum atomic E-state index is 9.07. The van der Waals surface area contributed by atoms with E-state index in [4.69, 9.17) is 10.8 Å². The molecule has 98 valence electrons. The Hall–Kier alpha value is -1.05. The van der Waals surface area contributed by atoms with Crippen LogP contribution in [0.2, 0.25) is 0 Å². The van der Waals surface area contributed by atoms with E-state index in [2.05, 4.69) is 15.3 Å². The molecule has 6 nitrogen and oxygen atoms in total. The first-order valence-corrected chi connectivity index (χ1v) is 7.19. The van der Waals surface area contributed by atoms with Crippen LogP contribution >= 0.6 is 11.3 Å². The van der Waals surface area contributed by atoms with Gasteiger partial charge >= 0.3 is 0 Å². The number of fused-ring (bicyclic) bond motifs is 1. The van der Waals surface area contributed by atoms with Crippen LogP contribution in [-0.2, 0) is 0 Å². The van der Waals surface area contributed by atoms with E-state index in [0.29, 0.717) is 5.92 Å². The van der Waals surface area contributed by atoms with Gasteiger partial charge in [-0.1, -0.05) is 30.6 Å². The maximum absolute atomic E-state index is 9.07. The number of hydrogen-bond donors (Lipinski definition) is 2. The molecule has 1 aliphatic carbocycles. The zero-order chi connectivity index (χ0) is 12.5. The summed E-state index contributed by atoms with van der Waals surface area (Å²) in [5.41, 5.74) is 5.78. The van der Waals surface area contributed by atoms with Crippen molar-refractivity contribution in [3.63, 3.8) is 0 Å². The maximum Gasteiger partial charge on any atom is 0.234 e. The van der Waals surface area contributed by atoms with Crippen molar-refractivity contribution in [3.8, 4) is 0 Å². The second kappa shape index (κ2) is 4.91. The topological polar surface area (TPSA) is 89.3 Å². The third-order valence-corrected chi connectivity index (χ3v) is 4.55. The molecule has 3 N–H and O–H groups in total. The molecule has 1 unspecified atom stereocenters. The minimum Gasteiger partial charge on any atom is -0.394 e. The summed E-state index contributed by atoms with van der Waals surface area (Å²) in [6.07, 6.45) is 6.16. The number of rotatable bonds is 3. The molecule has 1 saturated carbocycles. The number of aromatic nitrogens is 4. The van der Waals surface area contributed by atoms with Crippen molar-refractivity contribution in [2.75, 3.05) is 6.61 Å². The van der Waals surface area contributed by atoms with Crippen molar-refractivity contribution in [2.24, 2.45) is 5.73 Å². The van der Waals surface area contributed by atoms with Gasteiger partial charge in [-0.25, -0.2) is 0 Å². The second-order valence-electron chi connectivity index (χ2n) is 4.82. The van der Waals surface area contributed by atoms with Crippen LogP contribution in [0.5, 0.6) is 0 Å². The Morgan fingerprint density at radius 2 is 2.11 bits per heavy atom. The summed E-state index contributed by atoms with van der Waals surface area (Å²) in [6.45, 7) is -0.0944. The summed E-state index contributed by atoms with van der Waals surface area (Å²) in [5, 5.41) is 22.7. The Bertz CT molecular complexity index is 531. The third kappa shape index (κ3) is 2.02. The first-order valence-electron chi connectivity index (χ1n) is 6.38. The predicted octanol–water partition coefficient (Wildman–Crippen LogP) is 1.23. The standard InChI is InChI=1S/C11H17N5OS/c12-8(6-17)10-15-16-9(13-14-11(16)18-10)7-4-2-1-3-5-7/h7-8,17H,1-6,12H2. The summed E-state index contributed by atoms with van der Waals surface area (Å²) < 4.78 is 1.81. The minimum absolute atomic E-state index is 0.0944. The largest absolute Gasteiger partial charge is 0.394 e. The van der Waals surface area contributed by atoms with Crippen molar-refractivity contribution >= 4 is 16.3 Å². The summed E-state index contributed by atoms with van der Waals surface area (Å²) in [5.74, 6) is 1.42. The van der Waals surface area contributed by atoms with E-state index in [9.17, 15) is 0 Å². The number of aliphatic hydroxyl groups excluding tert-OH is 1. The first-order chi connectivity index (χ1) is 8.79. The fourth-order valence-corrected chi connectivity index (χ4v) is 3.33. The average Bonchev–Trinajstić information content (AvgIpc) is 2.98. The highest BCUT2D eigenvalue weighted by molar-refractivity contribution is 7.16. The number of aliphatic hydroxyl groups is 1. The molecule has 0 amide bonds. The van der Waals surface area contributed by atoms with Crippen LogP contribution in [0.15, 0.2) is 0 Å². The SMILES string of the molecule is NC(CO)c1nn2c(C3CCCCC3)nnc2s1. The lowest BCUT2D eigenvalue weighted by Crippen LogP contribution is -2.15. The monoisotopic (exact) mass is 267 g/mol. The second-order valence-corrected chi connectivity index (χ2v) is 5.80. The van der Waals surface area contributed by atoms with Crippen LogP contribution in [0.25, 0.3) is 4.96 Å². The minimum atomic E-state index is -0.420. The molecule has 0 aromatic carbocycles. The molecule has 0 aliphatic heterocycles. The predicted molar refractivity (Wildman–Crippen MR) is 68.5 cm³/mol. The van der Waals surface area contributed by atoms with E-state index in [1.165, 1.54) is 43.4 Å². The van der Waals surface area contributed by atoms with E-state index in [1.54, 1.807) is 0 Å². The van der Waals surface area contributed by atoms with Gasteiger partial charge in [0.1, 0.15) is 5.01 Å². The van der Waals surface area contributed by atoms with E-state index in [1.807, 2.05) is 4.52 Å². The summed E-state index contributed by atoms with van der Waals surface area (Å²) in [4.78, 5) is 0.773. The summed E-state index contributed by atoms with van der Waals surface area (Å²) in [7, 11) is 0. The van der Waals surface area contributed by atoms with Gasteiger partial charge in [0.25, 0.3) is 0 Å². The smallest absolute Gasteiger partial charge is 0.234 e. The van der Waals surface area contributed by atoms with E-state index in [0.717, 1.165) is 15.8 Å². The van der Waals surface area contributed by atoms with Gasteiger partial charge in [-0.05, 0) is 12.8 Å². The van der Waals surface area contributed by atoms with Gasteiger partial charge in [-0.3, -0.25) is 0 Å². The van der Waals surface area contributed by atoms with Gasteiger partial charge in [0.2, 0.25) is 4.96 Å². The quantitative estimate of drug-likeness (QED) is 0.873. The highest BCUT2D eigenvalue weighted by atomic mass is 32.1. The molecule has 0 bridgehead atoms. The number of nitrogens with two attached hydrogens (primary N) is 1. The molecule has 0 spiro atoms. The third-order valence-electron chi connectivity index (χ3n) is 3.51. The molecule has 2 heterocycles. The highest BCUT2D eigenvalue weighted by Crippen LogP contribution is 2.32. The van der Waals surface area contributed by atoms with Crippen molar-refractivity contribution in [1.82, 2.24) is 19.8 Å². The fourth-order valence-electron chi connectivity index (χ4n) is 2.49. The van der Waals surface area contributed by atoms with Gasteiger partial charge in [0.15, 0.2) is 5.82 Å². The van der Waals surface area contributed by atoms with E-state index >= 15 is 0 Å². The first kappa shape index (κ1) is 12.0. The summed E-state index contributed by atoms with van der Waals surface area (Å²) in [6, 6.07) is -0.420. The lowest BCUT2D eigenvalue weighted by Gasteiger charge is -2.18. The molecule has 1 aliphatic rings. The molecule has 0 saturated heterocycles. The van der Waals surface area contributed by atoms with Crippen LogP contribution in [0.4, 0.5) is 0 Å².